The van der Waals surface area contributed by atoms with Crippen LogP contribution in [-0.4, -0.2) is 30.6 Å². The van der Waals surface area contributed by atoms with Crippen molar-refractivity contribution in [3.05, 3.63) is 32.8 Å². The molecule has 6 nitrogen and oxygen atoms in total. The Morgan fingerprint density at radius 3 is 2.90 bits per heavy atom. The van der Waals surface area contributed by atoms with Crippen molar-refractivity contribution >= 4 is 33.3 Å². The summed E-state index contributed by atoms with van der Waals surface area (Å²) in [4.78, 5) is 24.0. The molecule has 21 heavy (non-hydrogen) atoms. The van der Waals surface area contributed by atoms with Gasteiger partial charge < -0.3 is 9.64 Å². The minimum atomic E-state index is -0.420. The number of piperidine rings is 1. The number of nitrogens with zero attached hydrogens (tertiary/aromatic N) is 2. The summed E-state index contributed by atoms with van der Waals surface area (Å²) in [6.45, 7) is 0.831. The number of ether oxygens (including phenoxy) is 1. The summed E-state index contributed by atoms with van der Waals surface area (Å²) in [7, 11) is 1.39. The van der Waals surface area contributed by atoms with E-state index in [-0.39, 0.29) is 17.7 Å². The number of rotatable bonds is 4. The number of non-ortho nitro benzene ring substituents is 1. The van der Waals surface area contributed by atoms with Crippen molar-refractivity contribution in [2.75, 3.05) is 18.6 Å². The topological polar surface area (TPSA) is 72.7 Å². The molecule has 0 amide bonds. The summed E-state index contributed by atoms with van der Waals surface area (Å²) >= 11 is 3.40. The van der Waals surface area contributed by atoms with E-state index in [1.165, 1.54) is 19.2 Å². The minimum absolute atomic E-state index is 0.0483. The van der Waals surface area contributed by atoms with Crippen molar-refractivity contribution in [1.82, 2.24) is 0 Å². The summed E-state index contributed by atoms with van der Waals surface area (Å²) in [5, 5.41) is 10.8. The van der Waals surface area contributed by atoms with Gasteiger partial charge in [0.15, 0.2) is 0 Å². The predicted octanol–water partition coefficient (Wildman–Crippen LogP) is 3.28. The monoisotopic (exact) mass is 356 g/mol. The molecule has 1 heterocycles. The normalized spacial score (nSPS) is 18.4. The fourth-order valence-corrected chi connectivity index (χ4v) is 3.24. The molecular formula is C14H17BrN2O4. The molecule has 114 valence electrons. The van der Waals surface area contributed by atoms with Gasteiger partial charge in [-0.25, -0.2) is 0 Å². The molecule has 0 radical (unpaired) electrons. The van der Waals surface area contributed by atoms with Gasteiger partial charge in [-0.15, -0.1) is 0 Å². The second-order valence-corrected chi connectivity index (χ2v) is 5.87. The zero-order valence-corrected chi connectivity index (χ0v) is 13.3. The summed E-state index contributed by atoms with van der Waals surface area (Å²) in [6, 6.07) is 4.80. The van der Waals surface area contributed by atoms with Crippen LogP contribution in [0.4, 0.5) is 11.4 Å². The first-order chi connectivity index (χ1) is 10.0. The van der Waals surface area contributed by atoms with E-state index in [4.69, 9.17) is 4.74 Å². The molecule has 1 saturated heterocycles. The van der Waals surface area contributed by atoms with Crippen molar-refractivity contribution in [1.29, 1.82) is 0 Å². The maximum Gasteiger partial charge on any atom is 0.307 e. The number of halogens is 1. The van der Waals surface area contributed by atoms with Crippen LogP contribution in [0, 0.1) is 10.1 Å². The number of esters is 1. The molecule has 7 heteroatoms. The van der Waals surface area contributed by atoms with E-state index in [1.807, 2.05) is 0 Å². The van der Waals surface area contributed by atoms with Gasteiger partial charge >= 0.3 is 5.97 Å². The fraction of sp³-hybridized carbons (Fsp3) is 0.500. The quantitative estimate of drug-likeness (QED) is 0.470. The molecule has 0 N–H and O–H groups in total. The molecule has 1 aliphatic heterocycles. The lowest BCUT2D eigenvalue weighted by Gasteiger charge is -2.37. The lowest BCUT2D eigenvalue weighted by molar-refractivity contribution is -0.384. The van der Waals surface area contributed by atoms with Crippen LogP contribution >= 0.6 is 15.9 Å². The first-order valence-corrected chi connectivity index (χ1v) is 7.59. The largest absolute Gasteiger partial charge is 0.469 e. The average molecular weight is 357 g/mol. The van der Waals surface area contributed by atoms with Crippen molar-refractivity contribution in [3.63, 3.8) is 0 Å². The maximum atomic E-state index is 11.5. The van der Waals surface area contributed by atoms with Gasteiger partial charge in [0, 0.05) is 29.2 Å². The fourth-order valence-electron chi connectivity index (χ4n) is 2.65. The number of hydrogen-bond donors (Lipinski definition) is 0. The number of nitro groups is 1. The van der Waals surface area contributed by atoms with Crippen LogP contribution in [0.3, 0.4) is 0 Å². The minimum Gasteiger partial charge on any atom is -0.469 e. The van der Waals surface area contributed by atoms with Crippen molar-refractivity contribution < 1.29 is 14.5 Å². The van der Waals surface area contributed by atoms with Crippen molar-refractivity contribution in [3.8, 4) is 0 Å². The van der Waals surface area contributed by atoms with E-state index >= 15 is 0 Å². The third kappa shape index (κ3) is 3.72. The van der Waals surface area contributed by atoms with E-state index in [0.717, 1.165) is 31.5 Å². The van der Waals surface area contributed by atoms with E-state index in [9.17, 15) is 14.9 Å². The summed E-state index contributed by atoms with van der Waals surface area (Å²) in [6.07, 6.45) is 3.36. The summed E-state index contributed by atoms with van der Waals surface area (Å²) in [5.41, 5.74) is 0.932. The second-order valence-electron chi connectivity index (χ2n) is 5.02. The smallest absolute Gasteiger partial charge is 0.307 e. The molecule has 1 aromatic carbocycles. The molecule has 2 rings (SSSR count). The molecule has 0 aromatic heterocycles. The lowest BCUT2D eigenvalue weighted by atomic mass is 9.98. The molecule has 1 aromatic rings. The zero-order chi connectivity index (χ0) is 15.4. The molecule has 1 aliphatic rings. The van der Waals surface area contributed by atoms with Crippen molar-refractivity contribution in [2.24, 2.45) is 0 Å². The molecule has 1 atom stereocenters. The number of nitro benzene ring substituents is 1. The van der Waals surface area contributed by atoms with Gasteiger partial charge in [0.05, 0.1) is 24.1 Å². The molecule has 0 bridgehead atoms. The van der Waals surface area contributed by atoms with Gasteiger partial charge in [-0.2, -0.15) is 0 Å². The van der Waals surface area contributed by atoms with Crippen LogP contribution in [0.2, 0.25) is 0 Å². The number of anilines is 1. The van der Waals surface area contributed by atoms with Crippen LogP contribution in [0.25, 0.3) is 0 Å². The number of methoxy groups -OCH3 is 1. The van der Waals surface area contributed by atoms with Crippen LogP contribution < -0.4 is 4.90 Å². The lowest BCUT2D eigenvalue weighted by Crippen LogP contribution is -2.41. The summed E-state index contributed by atoms with van der Waals surface area (Å²) < 4.78 is 5.43. The number of carbonyl (C=O) groups excluding carboxylic acids is 1. The van der Waals surface area contributed by atoms with Crippen LogP contribution in [-0.2, 0) is 9.53 Å². The Hall–Kier alpha value is -1.63. The Balaban J connectivity index is 2.24. The van der Waals surface area contributed by atoms with Gasteiger partial charge in [-0.3, -0.25) is 14.9 Å². The highest BCUT2D eigenvalue weighted by atomic mass is 79.9. The summed E-state index contributed by atoms with van der Waals surface area (Å²) in [5.74, 6) is -0.232. The Bertz CT molecular complexity index is 550. The standard InChI is InChI=1S/C14H17BrN2O4/c1-21-14(18)9-10-4-2-3-7-16(10)13-6-5-11(17(19)20)8-12(13)15/h5-6,8,10H,2-4,7,9H2,1H3. The van der Waals surface area contributed by atoms with E-state index in [1.54, 1.807) is 6.07 Å². The van der Waals surface area contributed by atoms with Gasteiger partial charge in [-0.05, 0) is 41.3 Å². The maximum absolute atomic E-state index is 11.5. The molecule has 0 spiro atoms. The highest BCUT2D eigenvalue weighted by molar-refractivity contribution is 9.10. The molecule has 0 aliphatic carbocycles. The highest BCUT2D eigenvalue weighted by Crippen LogP contribution is 2.34. The van der Waals surface area contributed by atoms with Crippen LogP contribution in [0.15, 0.2) is 22.7 Å². The Morgan fingerprint density at radius 1 is 1.52 bits per heavy atom. The third-order valence-corrected chi connectivity index (χ3v) is 4.34. The van der Waals surface area contributed by atoms with Crippen LogP contribution in [0.1, 0.15) is 25.7 Å². The predicted molar refractivity (Wildman–Crippen MR) is 82.4 cm³/mol. The Morgan fingerprint density at radius 2 is 2.29 bits per heavy atom. The van der Waals surface area contributed by atoms with Gasteiger partial charge in [0.2, 0.25) is 0 Å². The number of carbonyl (C=O) groups is 1. The molecule has 1 unspecified atom stereocenters. The van der Waals surface area contributed by atoms with E-state index < -0.39 is 4.92 Å². The highest BCUT2D eigenvalue weighted by Gasteiger charge is 2.27. The molecule has 0 saturated carbocycles. The number of hydrogen-bond acceptors (Lipinski definition) is 5. The van der Waals surface area contributed by atoms with Gasteiger partial charge in [-0.1, -0.05) is 0 Å². The zero-order valence-electron chi connectivity index (χ0n) is 11.8. The van der Waals surface area contributed by atoms with Gasteiger partial charge in [0.25, 0.3) is 5.69 Å². The second kappa shape index (κ2) is 6.89. The Kier molecular flexibility index (Phi) is 5.17. The van der Waals surface area contributed by atoms with Crippen LogP contribution in [0.5, 0.6) is 0 Å². The third-order valence-electron chi connectivity index (χ3n) is 3.71. The average Bonchev–Trinajstić information content (AvgIpc) is 2.47. The van der Waals surface area contributed by atoms with Gasteiger partial charge in [0.1, 0.15) is 0 Å². The van der Waals surface area contributed by atoms with E-state index in [0.29, 0.717) is 10.9 Å². The van der Waals surface area contributed by atoms with Crippen molar-refractivity contribution in [2.45, 2.75) is 31.7 Å². The molecular weight excluding hydrogens is 340 g/mol. The SMILES string of the molecule is COC(=O)CC1CCCCN1c1ccc([N+](=O)[O-])cc1Br. The van der Waals surface area contributed by atoms with E-state index in [2.05, 4.69) is 20.8 Å². The molecule has 1 fully saturated rings. The first-order valence-electron chi connectivity index (χ1n) is 6.80. The number of benzene rings is 1. The first kappa shape index (κ1) is 15.8. The Labute approximate surface area is 131 Å².